The molecule has 2 nitrogen and oxygen atoms in total. The highest BCUT2D eigenvalue weighted by atomic mass is 16.5. The van der Waals surface area contributed by atoms with Crippen molar-refractivity contribution < 1.29 is 4.74 Å². The second kappa shape index (κ2) is 7.24. The molecule has 20 heavy (non-hydrogen) atoms. The molecule has 0 aromatic heterocycles. The first-order chi connectivity index (χ1) is 9.58. The van der Waals surface area contributed by atoms with Gasteiger partial charge < -0.3 is 10.5 Å². The molecule has 1 saturated carbocycles. The van der Waals surface area contributed by atoms with Gasteiger partial charge in [0.05, 0.1) is 18.8 Å². The Bertz CT molecular complexity index is 409. The van der Waals surface area contributed by atoms with E-state index in [4.69, 9.17) is 10.5 Å². The van der Waals surface area contributed by atoms with Crippen LogP contribution in [0.5, 0.6) is 0 Å². The number of ether oxygens (including phenoxy) is 1. The Morgan fingerprint density at radius 2 is 1.90 bits per heavy atom. The van der Waals surface area contributed by atoms with Gasteiger partial charge in [-0.1, -0.05) is 55.5 Å². The molecule has 0 bridgehead atoms. The standard InChI is InChI=1S/C18H29NO/c1-4-15-6-5-7-17(11-15)20-12-18(19)16-9-13(2)8-14(3)10-16/h8-10,15,17-18H,4-7,11-12,19H2,1-3H3. The van der Waals surface area contributed by atoms with E-state index in [9.17, 15) is 0 Å². The lowest BCUT2D eigenvalue weighted by atomic mass is 9.85. The van der Waals surface area contributed by atoms with E-state index in [0.717, 1.165) is 5.92 Å². The van der Waals surface area contributed by atoms with Crippen LogP contribution in [0.4, 0.5) is 0 Å². The summed E-state index contributed by atoms with van der Waals surface area (Å²) in [6, 6.07) is 6.54. The van der Waals surface area contributed by atoms with Crippen LogP contribution in [0.3, 0.4) is 0 Å². The molecule has 1 aromatic rings. The quantitative estimate of drug-likeness (QED) is 0.870. The topological polar surface area (TPSA) is 35.2 Å². The van der Waals surface area contributed by atoms with E-state index in [1.165, 1.54) is 48.8 Å². The van der Waals surface area contributed by atoms with Gasteiger partial charge in [-0.2, -0.15) is 0 Å². The van der Waals surface area contributed by atoms with Crippen molar-refractivity contribution >= 4 is 0 Å². The maximum atomic E-state index is 6.29. The van der Waals surface area contributed by atoms with Crippen molar-refractivity contribution in [2.45, 2.75) is 65.0 Å². The highest BCUT2D eigenvalue weighted by Gasteiger charge is 2.22. The second-order valence-electron chi connectivity index (χ2n) is 6.42. The van der Waals surface area contributed by atoms with Gasteiger partial charge in [0.25, 0.3) is 0 Å². The van der Waals surface area contributed by atoms with E-state index >= 15 is 0 Å². The largest absolute Gasteiger partial charge is 0.376 e. The van der Waals surface area contributed by atoms with Crippen LogP contribution in [0.25, 0.3) is 0 Å². The zero-order chi connectivity index (χ0) is 14.5. The SMILES string of the molecule is CCC1CCCC(OCC(N)c2cc(C)cc(C)c2)C1. The number of rotatable bonds is 5. The third kappa shape index (κ3) is 4.32. The minimum atomic E-state index is -0.00407. The van der Waals surface area contributed by atoms with Gasteiger partial charge in [-0.25, -0.2) is 0 Å². The van der Waals surface area contributed by atoms with Gasteiger partial charge in [0.15, 0.2) is 0 Å². The van der Waals surface area contributed by atoms with Gasteiger partial charge in [0.2, 0.25) is 0 Å². The lowest BCUT2D eigenvalue weighted by Crippen LogP contribution is -2.27. The zero-order valence-corrected chi connectivity index (χ0v) is 13.2. The van der Waals surface area contributed by atoms with Gasteiger partial charge >= 0.3 is 0 Å². The summed E-state index contributed by atoms with van der Waals surface area (Å²) in [6.07, 6.45) is 6.81. The number of aryl methyl sites for hydroxylation is 2. The second-order valence-corrected chi connectivity index (χ2v) is 6.42. The van der Waals surface area contributed by atoms with E-state index in [-0.39, 0.29) is 6.04 Å². The Balaban J connectivity index is 1.86. The zero-order valence-electron chi connectivity index (χ0n) is 13.2. The molecule has 2 N–H and O–H groups in total. The summed E-state index contributed by atoms with van der Waals surface area (Å²) in [5.74, 6) is 0.853. The summed E-state index contributed by atoms with van der Waals surface area (Å²) in [4.78, 5) is 0. The van der Waals surface area contributed by atoms with Gasteiger partial charge in [-0.15, -0.1) is 0 Å². The molecular formula is C18H29NO. The van der Waals surface area contributed by atoms with E-state index in [1.807, 2.05) is 0 Å². The lowest BCUT2D eigenvalue weighted by molar-refractivity contribution is 0.00561. The predicted octanol–water partition coefficient (Wildman–Crippen LogP) is 4.29. The van der Waals surface area contributed by atoms with Crippen molar-refractivity contribution in [1.82, 2.24) is 0 Å². The molecule has 0 saturated heterocycles. The van der Waals surface area contributed by atoms with Crippen molar-refractivity contribution in [3.05, 3.63) is 34.9 Å². The van der Waals surface area contributed by atoms with Crippen molar-refractivity contribution in [2.24, 2.45) is 11.7 Å². The van der Waals surface area contributed by atoms with Crippen LogP contribution >= 0.6 is 0 Å². The third-order valence-electron chi connectivity index (χ3n) is 4.50. The predicted molar refractivity (Wildman–Crippen MR) is 84.8 cm³/mol. The van der Waals surface area contributed by atoms with E-state index in [1.54, 1.807) is 0 Å². The summed E-state index contributed by atoms with van der Waals surface area (Å²) < 4.78 is 6.09. The van der Waals surface area contributed by atoms with Gasteiger partial charge in [0.1, 0.15) is 0 Å². The molecule has 3 unspecified atom stereocenters. The smallest absolute Gasteiger partial charge is 0.0663 e. The molecule has 0 amide bonds. The lowest BCUT2D eigenvalue weighted by Gasteiger charge is -2.29. The van der Waals surface area contributed by atoms with Crippen molar-refractivity contribution in [3.8, 4) is 0 Å². The molecule has 0 spiro atoms. The Morgan fingerprint density at radius 1 is 1.20 bits per heavy atom. The summed E-state index contributed by atoms with van der Waals surface area (Å²) >= 11 is 0. The van der Waals surface area contributed by atoms with Crippen LogP contribution in [0.1, 0.15) is 61.8 Å². The van der Waals surface area contributed by atoms with Crippen LogP contribution < -0.4 is 5.73 Å². The molecule has 0 aliphatic heterocycles. The highest BCUT2D eigenvalue weighted by Crippen LogP contribution is 2.29. The fourth-order valence-electron chi connectivity index (χ4n) is 3.32. The first-order valence-corrected chi connectivity index (χ1v) is 8.04. The Kier molecular flexibility index (Phi) is 5.62. The van der Waals surface area contributed by atoms with E-state index in [0.29, 0.717) is 12.7 Å². The Labute approximate surface area is 123 Å². The fraction of sp³-hybridized carbons (Fsp3) is 0.667. The van der Waals surface area contributed by atoms with Gasteiger partial charge in [-0.3, -0.25) is 0 Å². The summed E-state index contributed by atoms with van der Waals surface area (Å²) in [6.45, 7) is 7.17. The molecule has 0 radical (unpaired) electrons. The third-order valence-corrected chi connectivity index (χ3v) is 4.50. The maximum absolute atomic E-state index is 6.29. The first kappa shape index (κ1) is 15.5. The Hall–Kier alpha value is -0.860. The normalized spacial score (nSPS) is 24.6. The molecule has 1 aliphatic rings. The molecule has 1 aliphatic carbocycles. The number of nitrogens with two attached hydrogens (primary N) is 1. The summed E-state index contributed by atoms with van der Waals surface area (Å²) in [5.41, 5.74) is 10.0. The van der Waals surface area contributed by atoms with Crippen LogP contribution in [-0.2, 0) is 4.74 Å². The van der Waals surface area contributed by atoms with Crippen molar-refractivity contribution in [1.29, 1.82) is 0 Å². The minimum absolute atomic E-state index is 0.00407. The van der Waals surface area contributed by atoms with Crippen molar-refractivity contribution in [3.63, 3.8) is 0 Å². The van der Waals surface area contributed by atoms with Crippen LogP contribution in [0, 0.1) is 19.8 Å². The molecule has 2 rings (SSSR count). The Morgan fingerprint density at radius 3 is 2.55 bits per heavy atom. The number of hydrogen-bond donors (Lipinski definition) is 1. The van der Waals surface area contributed by atoms with Gasteiger partial charge in [-0.05, 0) is 38.2 Å². The fourth-order valence-corrected chi connectivity index (χ4v) is 3.32. The number of benzene rings is 1. The molecule has 2 heteroatoms. The summed E-state index contributed by atoms with van der Waals surface area (Å²) in [7, 11) is 0. The average molecular weight is 275 g/mol. The summed E-state index contributed by atoms with van der Waals surface area (Å²) in [5, 5.41) is 0. The highest BCUT2D eigenvalue weighted by molar-refractivity contribution is 5.30. The number of hydrogen-bond acceptors (Lipinski definition) is 2. The molecule has 1 fully saturated rings. The molecular weight excluding hydrogens is 246 g/mol. The molecule has 0 heterocycles. The monoisotopic (exact) mass is 275 g/mol. The molecule has 112 valence electrons. The molecule has 3 atom stereocenters. The van der Waals surface area contributed by atoms with E-state index < -0.39 is 0 Å². The van der Waals surface area contributed by atoms with Crippen LogP contribution in [0.15, 0.2) is 18.2 Å². The van der Waals surface area contributed by atoms with Crippen molar-refractivity contribution in [2.75, 3.05) is 6.61 Å². The minimum Gasteiger partial charge on any atom is -0.376 e. The van der Waals surface area contributed by atoms with Crippen LogP contribution in [0.2, 0.25) is 0 Å². The molecule has 1 aromatic carbocycles. The average Bonchev–Trinajstić information content (AvgIpc) is 2.44. The van der Waals surface area contributed by atoms with Gasteiger partial charge in [0, 0.05) is 0 Å². The van der Waals surface area contributed by atoms with E-state index in [2.05, 4.69) is 39.0 Å². The van der Waals surface area contributed by atoms with Crippen LogP contribution in [-0.4, -0.2) is 12.7 Å². The first-order valence-electron chi connectivity index (χ1n) is 8.04. The maximum Gasteiger partial charge on any atom is 0.0663 e.